The molecule has 0 aromatic heterocycles. The van der Waals surface area contributed by atoms with Gasteiger partial charge in [-0.1, -0.05) is 0 Å². The van der Waals surface area contributed by atoms with E-state index in [0.717, 1.165) is 0 Å². The van der Waals surface area contributed by atoms with Crippen LogP contribution in [0.1, 0.15) is 13.3 Å². The molecule has 7 heteroatoms. The molecule has 0 bridgehead atoms. The Labute approximate surface area is 95.9 Å². The summed E-state index contributed by atoms with van der Waals surface area (Å²) in [4.78, 5) is 13.0. The summed E-state index contributed by atoms with van der Waals surface area (Å²) in [6.07, 6.45) is 0.112. The third-order valence-electron chi connectivity index (χ3n) is 2.68. The Balaban J connectivity index is 2.49. The van der Waals surface area contributed by atoms with Gasteiger partial charge in [-0.2, -0.15) is 4.31 Å². The van der Waals surface area contributed by atoms with E-state index in [0.29, 0.717) is 26.2 Å². The van der Waals surface area contributed by atoms with Crippen LogP contribution in [0.25, 0.3) is 0 Å². The second-order valence-electron chi connectivity index (χ2n) is 3.65. The van der Waals surface area contributed by atoms with Crippen molar-refractivity contribution in [1.29, 1.82) is 0 Å². The average molecular weight is 250 g/mol. The van der Waals surface area contributed by atoms with Gasteiger partial charge in [0.25, 0.3) is 0 Å². The smallest absolute Gasteiger partial charge is 0.224 e. The molecule has 0 saturated carbocycles. The van der Waals surface area contributed by atoms with Crippen LogP contribution in [0.3, 0.4) is 0 Å². The molecule has 94 valence electrons. The van der Waals surface area contributed by atoms with E-state index in [1.807, 2.05) is 0 Å². The molecule has 0 spiro atoms. The van der Waals surface area contributed by atoms with Gasteiger partial charge in [-0.05, 0) is 6.92 Å². The number of hydrogen-bond donors (Lipinski definition) is 1. The summed E-state index contributed by atoms with van der Waals surface area (Å²) in [7, 11) is -3.14. The van der Waals surface area contributed by atoms with Crippen LogP contribution in [0, 0.1) is 0 Å². The zero-order valence-electron chi connectivity index (χ0n) is 9.42. The zero-order valence-corrected chi connectivity index (χ0v) is 10.2. The molecule has 0 atom stereocenters. The number of nitrogens with zero attached hydrogens (tertiary/aromatic N) is 2. The summed E-state index contributed by atoms with van der Waals surface area (Å²) in [6.45, 7) is 2.99. The van der Waals surface area contributed by atoms with Crippen molar-refractivity contribution in [1.82, 2.24) is 9.21 Å². The molecular formula is C9H18N2O4S. The summed E-state index contributed by atoms with van der Waals surface area (Å²) in [6, 6.07) is 0. The summed E-state index contributed by atoms with van der Waals surface area (Å²) >= 11 is 0. The number of carbonyl (C=O) groups is 1. The van der Waals surface area contributed by atoms with E-state index < -0.39 is 10.0 Å². The lowest BCUT2D eigenvalue weighted by Crippen LogP contribution is -2.50. The molecule has 1 N–H and O–H groups in total. The molecule has 0 aromatic carbocycles. The molecule has 1 aliphatic rings. The fourth-order valence-corrected chi connectivity index (χ4v) is 2.74. The fraction of sp³-hybridized carbons (Fsp3) is 0.889. The molecule has 16 heavy (non-hydrogen) atoms. The van der Waals surface area contributed by atoms with Gasteiger partial charge in [0.05, 0.1) is 12.4 Å². The zero-order chi connectivity index (χ0) is 12.2. The molecule has 1 rings (SSSR count). The molecule has 0 aromatic rings. The van der Waals surface area contributed by atoms with E-state index in [1.165, 1.54) is 4.31 Å². The van der Waals surface area contributed by atoms with Crippen LogP contribution in [-0.4, -0.2) is 67.2 Å². The molecule has 6 nitrogen and oxygen atoms in total. The van der Waals surface area contributed by atoms with Gasteiger partial charge < -0.3 is 10.0 Å². The first-order valence-electron chi connectivity index (χ1n) is 5.37. The number of sulfonamides is 1. The van der Waals surface area contributed by atoms with Crippen LogP contribution in [0.5, 0.6) is 0 Å². The quantitative estimate of drug-likeness (QED) is 0.684. The maximum atomic E-state index is 11.5. The summed E-state index contributed by atoms with van der Waals surface area (Å²) in [5, 5.41) is 8.63. The lowest BCUT2D eigenvalue weighted by molar-refractivity contribution is -0.133. The molecule has 1 heterocycles. The summed E-state index contributed by atoms with van der Waals surface area (Å²) in [5.41, 5.74) is 0. The Morgan fingerprint density at radius 3 is 2.25 bits per heavy atom. The van der Waals surface area contributed by atoms with Crippen LogP contribution >= 0.6 is 0 Å². The van der Waals surface area contributed by atoms with Crippen molar-refractivity contribution < 1.29 is 18.3 Å². The van der Waals surface area contributed by atoms with Crippen LogP contribution < -0.4 is 0 Å². The van der Waals surface area contributed by atoms with E-state index in [-0.39, 0.29) is 24.7 Å². The van der Waals surface area contributed by atoms with Gasteiger partial charge >= 0.3 is 0 Å². The number of aliphatic hydroxyl groups excluding tert-OH is 1. The maximum absolute atomic E-state index is 11.5. The minimum Gasteiger partial charge on any atom is -0.396 e. The highest BCUT2D eigenvalue weighted by atomic mass is 32.2. The van der Waals surface area contributed by atoms with Crippen molar-refractivity contribution in [2.75, 3.05) is 38.5 Å². The van der Waals surface area contributed by atoms with Gasteiger partial charge in [-0.3, -0.25) is 4.79 Å². The highest BCUT2D eigenvalue weighted by Crippen LogP contribution is 2.08. The van der Waals surface area contributed by atoms with E-state index >= 15 is 0 Å². The minimum atomic E-state index is -3.14. The average Bonchev–Trinajstić information content (AvgIpc) is 2.29. The topological polar surface area (TPSA) is 77.9 Å². The second-order valence-corrected chi connectivity index (χ2v) is 5.91. The van der Waals surface area contributed by atoms with E-state index in [9.17, 15) is 13.2 Å². The first-order valence-corrected chi connectivity index (χ1v) is 6.98. The van der Waals surface area contributed by atoms with Gasteiger partial charge in [0.1, 0.15) is 0 Å². The number of piperazine rings is 1. The number of carbonyl (C=O) groups excluding carboxylic acids is 1. The van der Waals surface area contributed by atoms with Gasteiger partial charge in [-0.25, -0.2) is 8.42 Å². The standard InChI is InChI=1S/C9H18N2O4S/c1-2-16(14,15)11-6-4-10(5-7-11)9(13)3-8-12/h12H,2-8H2,1H3. The SMILES string of the molecule is CCS(=O)(=O)N1CCN(C(=O)CCO)CC1. The first-order chi connectivity index (χ1) is 7.51. The molecule has 1 fully saturated rings. The minimum absolute atomic E-state index is 0.0948. The van der Waals surface area contributed by atoms with Gasteiger partial charge in [0, 0.05) is 32.6 Å². The molecule has 1 amide bonds. The van der Waals surface area contributed by atoms with Crippen LogP contribution in [0.15, 0.2) is 0 Å². The fourth-order valence-electron chi connectivity index (χ4n) is 1.65. The lowest BCUT2D eigenvalue weighted by Gasteiger charge is -2.33. The van der Waals surface area contributed by atoms with Crippen molar-refractivity contribution in [3.8, 4) is 0 Å². The van der Waals surface area contributed by atoms with Crippen molar-refractivity contribution in [3.05, 3.63) is 0 Å². The predicted octanol–water partition coefficient (Wildman–Crippen LogP) is -1.14. The van der Waals surface area contributed by atoms with Crippen LogP contribution in [0.2, 0.25) is 0 Å². The second kappa shape index (κ2) is 5.60. The maximum Gasteiger partial charge on any atom is 0.224 e. The van der Waals surface area contributed by atoms with Gasteiger partial charge in [0.2, 0.25) is 15.9 Å². The Kier molecular flexibility index (Phi) is 4.69. The number of aliphatic hydroxyl groups is 1. The normalized spacial score (nSPS) is 18.8. The summed E-state index contributed by atoms with van der Waals surface area (Å²) < 4.78 is 24.5. The third-order valence-corrected chi connectivity index (χ3v) is 4.56. The highest BCUT2D eigenvalue weighted by molar-refractivity contribution is 7.89. The molecule has 1 aliphatic heterocycles. The molecule has 0 unspecified atom stereocenters. The summed E-state index contributed by atoms with van der Waals surface area (Å²) in [5.74, 6) is -0.0199. The van der Waals surface area contributed by atoms with Gasteiger partial charge in [0.15, 0.2) is 0 Å². The molecule has 0 aliphatic carbocycles. The molecule has 1 saturated heterocycles. The monoisotopic (exact) mass is 250 g/mol. The lowest BCUT2D eigenvalue weighted by atomic mass is 10.3. The van der Waals surface area contributed by atoms with Crippen molar-refractivity contribution in [2.45, 2.75) is 13.3 Å². The van der Waals surface area contributed by atoms with E-state index in [4.69, 9.17) is 5.11 Å². The van der Waals surface area contributed by atoms with Crippen molar-refractivity contribution in [3.63, 3.8) is 0 Å². The number of hydrogen-bond acceptors (Lipinski definition) is 4. The van der Waals surface area contributed by atoms with E-state index in [2.05, 4.69) is 0 Å². The van der Waals surface area contributed by atoms with Gasteiger partial charge in [-0.15, -0.1) is 0 Å². The molecule has 0 radical (unpaired) electrons. The number of amides is 1. The molecular weight excluding hydrogens is 232 g/mol. The van der Waals surface area contributed by atoms with Crippen molar-refractivity contribution in [2.24, 2.45) is 0 Å². The van der Waals surface area contributed by atoms with Crippen LogP contribution in [-0.2, 0) is 14.8 Å². The van der Waals surface area contributed by atoms with Crippen LogP contribution in [0.4, 0.5) is 0 Å². The number of rotatable bonds is 4. The first kappa shape index (κ1) is 13.4. The Bertz CT molecular complexity index is 333. The Morgan fingerprint density at radius 2 is 1.81 bits per heavy atom. The Hall–Kier alpha value is -0.660. The Morgan fingerprint density at radius 1 is 1.25 bits per heavy atom. The van der Waals surface area contributed by atoms with Crippen molar-refractivity contribution >= 4 is 15.9 Å². The predicted molar refractivity (Wildman–Crippen MR) is 59.3 cm³/mol. The highest BCUT2D eigenvalue weighted by Gasteiger charge is 2.27. The third kappa shape index (κ3) is 3.16. The van der Waals surface area contributed by atoms with E-state index in [1.54, 1.807) is 11.8 Å². The largest absolute Gasteiger partial charge is 0.396 e.